The van der Waals surface area contributed by atoms with Crippen molar-refractivity contribution >= 4 is 11.8 Å². The summed E-state index contributed by atoms with van der Waals surface area (Å²) in [5.74, 6) is 0.308. The molecule has 5 nitrogen and oxygen atoms in total. The molecule has 0 bridgehead atoms. The molecule has 1 aliphatic carbocycles. The lowest BCUT2D eigenvalue weighted by Gasteiger charge is -2.40. The summed E-state index contributed by atoms with van der Waals surface area (Å²) in [6, 6.07) is 7.04. The number of nitrogens with one attached hydrogen (secondary N) is 1. The van der Waals surface area contributed by atoms with Crippen molar-refractivity contribution in [2.24, 2.45) is 17.1 Å². The van der Waals surface area contributed by atoms with Crippen LogP contribution >= 0.6 is 0 Å². The van der Waals surface area contributed by atoms with Gasteiger partial charge in [-0.25, -0.2) is 0 Å². The molecular formula is C19H28N2O3. The smallest absolute Gasteiger partial charge is 0.255 e. The highest BCUT2D eigenvalue weighted by atomic mass is 16.5. The zero-order chi connectivity index (χ0) is 17.7. The van der Waals surface area contributed by atoms with Gasteiger partial charge in [0.15, 0.2) is 6.61 Å². The molecule has 0 radical (unpaired) electrons. The zero-order valence-electron chi connectivity index (χ0n) is 14.8. The first-order valence-corrected chi connectivity index (χ1v) is 8.59. The fourth-order valence-corrected chi connectivity index (χ4v) is 3.47. The van der Waals surface area contributed by atoms with E-state index < -0.39 is 5.91 Å². The predicted octanol–water partition coefficient (Wildman–Crippen LogP) is 2.89. The van der Waals surface area contributed by atoms with E-state index in [-0.39, 0.29) is 24.0 Å². The van der Waals surface area contributed by atoms with Crippen LogP contribution in [-0.2, 0) is 4.79 Å². The Bertz CT molecular complexity index is 593. The molecule has 2 amide bonds. The largest absolute Gasteiger partial charge is 0.484 e. The number of hydrogen-bond donors (Lipinski definition) is 2. The highest BCUT2D eigenvalue weighted by Gasteiger charge is 2.35. The molecule has 24 heavy (non-hydrogen) atoms. The maximum absolute atomic E-state index is 12.6. The highest BCUT2D eigenvalue weighted by molar-refractivity contribution is 5.94. The lowest BCUT2D eigenvalue weighted by Crippen LogP contribution is -2.46. The van der Waals surface area contributed by atoms with Crippen LogP contribution in [0.3, 0.4) is 0 Å². The third-order valence-electron chi connectivity index (χ3n) is 4.67. The maximum Gasteiger partial charge on any atom is 0.255 e. The number of primary amides is 1. The Morgan fingerprint density at radius 1 is 1.25 bits per heavy atom. The van der Waals surface area contributed by atoms with Crippen molar-refractivity contribution in [1.82, 2.24) is 5.32 Å². The zero-order valence-corrected chi connectivity index (χ0v) is 14.8. The first-order valence-electron chi connectivity index (χ1n) is 8.59. The van der Waals surface area contributed by atoms with E-state index >= 15 is 0 Å². The van der Waals surface area contributed by atoms with Gasteiger partial charge in [0.1, 0.15) is 5.75 Å². The van der Waals surface area contributed by atoms with Crippen LogP contribution in [-0.4, -0.2) is 24.5 Å². The van der Waals surface area contributed by atoms with Crippen molar-refractivity contribution < 1.29 is 14.3 Å². The van der Waals surface area contributed by atoms with Gasteiger partial charge in [0.25, 0.3) is 11.8 Å². The van der Waals surface area contributed by atoms with E-state index in [2.05, 4.69) is 26.1 Å². The van der Waals surface area contributed by atoms with Crippen LogP contribution in [0.25, 0.3) is 0 Å². The normalized spacial score (nSPS) is 21.1. The number of ether oxygens (including phenoxy) is 1. The summed E-state index contributed by atoms with van der Waals surface area (Å²) in [6.07, 6.45) is 4.55. The fourth-order valence-electron chi connectivity index (χ4n) is 3.47. The Hall–Kier alpha value is -2.04. The summed E-state index contributed by atoms with van der Waals surface area (Å²) in [4.78, 5) is 23.4. The molecule has 0 aliphatic heterocycles. The van der Waals surface area contributed by atoms with E-state index in [0.29, 0.717) is 17.2 Å². The van der Waals surface area contributed by atoms with Gasteiger partial charge < -0.3 is 15.8 Å². The first-order chi connectivity index (χ1) is 11.3. The molecule has 0 saturated heterocycles. The molecule has 1 aromatic rings. The SMILES string of the molecule is CC(C)(C)C1CCCCC1NC(=O)c1cccc(OCC(N)=O)c1. The van der Waals surface area contributed by atoms with Gasteiger partial charge in [0, 0.05) is 11.6 Å². The summed E-state index contributed by atoms with van der Waals surface area (Å²) in [7, 11) is 0. The van der Waals surface area contributed by atoms with E-state index in [4.69, 9.17) is 10.5 Å². The Labute approximate surface area is 143 Å². The molecule has 0 spiro atoms. The van der Waals surface area contributed by atoms with E-state index in [0.717, 1.165) is 19.3 Å². The molecule has 0 aromatic heterocycles. The second-order valence-corrected chi connectivity index (χ2v) is 7.62. The average molecular weight is 332 g/mol. The summed E-state index contributed by atoms with van der Waals surface area (Å²) in [5, 5.41) is 3.20. The summed E-state index contributed by atoms with van der Waals surface area (Å²) in [6.45, 7) is 6.51. The third-order valence-corrected chi connectivity index (χ3v) is 4.67. The van der Waals surface area contributed by atoms with Crippen LogP contribution in [0.15, 0.2) is 24.3 Å². The number of amides is 2. The van der Waals surface area contributed by atoms with Gasteiger partial charge in [0.2, 0.25) is 0 Å². The second-order valence-electron chi connectivity index (χ2n) is 7.62. The molecule has 2 atom stereocenters. The van der Waals surface area contributed by atoms with Crippen molar-refractivity contribution in [2.75, 3.05) is 6.61 Å². The Kier molecular flexibility index (Phi) is 5.86. The Morgan fingerprint density at radius 2 is 1.96 bits per heavy atom. The standard InChI is InChI=1S/C19H28N2O3/c1-19(2,3)15-9-4-5-10-16(15)21-18(23)13-7-6-8-14(11-13)24-12-17(20)22/h6-8,11,15-16H,4-5,9-10,12H2,1-3H3,(H2,20,22)(H,21,23). The summed E-state index contributed by atoms with van der Waals surface area (Å²) >= 11 is 0. The van der Waals surface area contributed by atoms with E-state index in [1.54, 1.807) is 24.3 Å². The third kappa shape index (κ3) is 4.98. The number of carbonyl (C=O) groups excluding carboxylic acids is 2. The molecule has 2 unspecified atom stereocenters. The topological polar surface area (TPSA) is 81.4 Å². The minimum atomic E-state index is -0.542. The van der Waals surface area contributed by atoms with Gasteiger partial charge in [-0.15, -0.1) is 0 Å². The van der Waals surface area contributed by atoms with Gasteiger partial charge in [-0.05, 0) is 42.4 Å². The number of rotatable bonds is 5. The van der Waals surface area contributed by atoms with Crippen molar-refractivity contribution in [3.8, 4) is 5.75 Å². The molecule has 3 N–H and O–H groups in total. The minimum Gasteiger partial charge on any atom is -0.484 e. The molecule has 5 heteroatoms. The van der Waals surface area contributed by atoms with Crippen LogP contribution < -0.4 is 15.8 Å². The predicted molar refractivity (Wildman–Crippen MR) is 93.8 cm³/mol. The molecule has 2 rings (SSSR count). The quantitative estimate of drug-likeness (QED) is 0.870. The van der Waals surface area contributed by atoms with Gasteiger partial charge in [-0.3, -0.25) is 9.59 Å². The molecule has 1 fully saturated rings. The van der Waals surface area contributed by atoms with Crippen LogP contribution in [0.4, 0.5) is 0 Å². The van der Waals surface area contributed by atoms with Crippen LogP contribution in [0.5, 0.6) is 5.75 Å². The van der Waals surface area contributed by atoms with Gasteiger partial charge in [-0.1, -0.05) is 39.7 Å². The van der Waals surface area contributed by atoms with E-state index in [1.165, 1.54) is 6.42 Å². The van der Waals surface area contributed by atoms with E-state index in [9.17, 15) is 9.59 Å². The molecular weight excluding hydrogens is 304 g/mol. The molecule has 0 heterocycles. The van der Waals surface area contributed by atoms with Crippen molar-refractivity contribution in [3.05, 3.63) is 29.8 Å². The fraction of sp³-hybridized carbons (Fsp3) is 0.579. The molecule has 1 aliphatic rings. The molecule has 132 valence electrons. The van der Waals surface area contributed by atoms with Crippen LogP contribution in [0.1, 0.15) is 56.8 Å². The highest BCUT2D eigenvalue weighted by Crippen LogP contribution is 2.38. The van der Waals surface area contributed by atoms with Crippen LogP contribution in [0.2, 0.25) is 0 Å². The Balaban J connectivity index is 2.05. The second kappa shape index (κ2) is 7.69. The van der Waals surface area contributed by atoms with Crippen molar-refractivity contribution in [1.29, 1.82) is 0 Å². The van der Waals surface area contributed by atoms with Crippen molar-refractivity contribution in [3.63, 3.8) is 0 Å². The van der Waals surface area contributed by atoms with Gasteiger partial charge in [0.05, 0.1) is 0 Å². The summed E-state index contributed by atoms with van der Waals surface area (Å²) in [5.41, 5.74) is 5.78. The lowest BCUT2D eigenvalue weighted by atomic mass is 9.69. The average Bonchev–Trinajstić information content (AvgIpc) is 2.52. The van der Waals surface area contributed by atoms with Gasteiger partial charge in [-0.2, -0.15) is 0 Å². The number of benzene rings is 1. The monoisotopic (exact) mass is 332 g/mol. The Morgan fingerprint density at radius 3 is 2.62 bits per heavy atom. The van der Waals surface area contributed by atoms with E-state index in [1.807, 2.05) is 0 Å². The number of carbonyl (C=O) groups is 2. The van der Waals surface area contributed by atoms with Crippen LogP contribution in [0, 0.1) is 11.3 Å². The summed E-state index contributed by atoms with van der Waals surface area (Å²) < 4.78 is 5.27. The maximum atomic E-state index is 12.6. The number of nitrogens with two attached hydrogens (primary N) is 1. The molecule has 1 aromatic carbocycles. The lowest BCUT2D eigenvalue weighted by molar-refractivity contribution is -0.119. The van der Waals surface area contributed by atoms with Gasteiger partial charge >= 0.3 is 0 Å². The van der Waals surface area contributed by atoms with Crippen molar-refractivity contribution in [2.45, 2.75) is 52.5 Å². The minimum absolute atomic E-state index is 0.0966. The first kappa shape index (κ1) is 18.3. The number of hydrogen-bond acceptors (Lipinski definition) is 3. The molecule has 1 saturated carbocycles.